The van der Waals surface area contributed by atoms with E-state index in [0.29, 0.717) is 11.7 Å². The lowest BCUT2D eigenvalue weighted by Crippen LogP contribution is -2.30. The number of hydrogen-bond acceptors (Lipinski definition) is 3. The third kappa shape index (κ3) is 1.98. The van der Waals surface area contributed by atoms with Crippen LogP contribution in [-0.2, 0) is 0 Å². The van der Waals surface area contributed by atoms with Crippen LogP contribution in [0.5, 0.6) is 0 Å². The molecule has 1 unspecified atom stereocenters. The standard InChI is InChI=1S/C13H16N2O/c1(2-13-3-7-14-16-13)11-4-8-15-9-5-12(11)6-10-15/h3,7,11-12H,4-6,8-10H2. The topological polar surface area (TPSA) is 29.3 Å². The predicted octanol–water partition coefficient (Wildman–Crippen LogP) is 1.76. The molecule has 16 heavy (non-hydrogen) atoms. The van der Waals surface area contributed by atoms with Crippen molar-refractivity contribution >= 4 is 0 Å². The van der Waals surface area contributed by atoms with Crippen molar-refractivity contribution in [2.24, 2.45) is 11.8 Å². The Kier molecular flexibility index (Phi) is 2.67. The molecule has 2 bridgehead atoms. The van der Waals surface area contributed by atoms with Crippen molar-refractivity contribution in [3.05, 3.63) is 18.0 Å². The van der Waals surface area contributed by atoms with Gasteiger partial charge in [0.05, 0.1) is 6.20 Å². The summed E-state index contributed by atoms with van der Waals surface area (Å²) in [5, 5.41) is 3.67. The Labute approximate surface area is 95.8 Å². The summed E-state index contributed by atoms with van der Waals surface area (Å²) in [4.78, 5) is 2.56. The molecular formula is C13H16N2O. The van der Waals surface area contributed by atoms with Gasteiger partial charge in [-0.15, -0.1) is 0 Å². The summed E-state index contributed by atoms with van der Waals surface area (Å²) in [6, 6.07) is 1.82. The molecular weight excluding hydrogens is 200 g/mol. The Morgan fingerprint density at radius 3 is 2.81 bits per heavy atom. The van der Waals surface area contributed by atoms with Gasteiger partial charge in [-0.05, 0) is 50.7 Å². The number of piperidine rings is 1. The summed E-state index contributed by atoms with van der Waals surface area (Å²) >= 11 is 0. The maximum atomic E-state index is 5.00. The minimum absolute atomic E-state index is 0.553. The van der Waals surface area contributed by atoms with E-state index in [2.05, 4.69) is 21.9 Å². The SMILES string of the molecule is C(#CC1CCN2CCC1CC2)c1ccno1. The van der Waals surface area contributed by atoms with E-state index < -0.39 is 0 Å². The van der Waals surface area contributed by atoms with Crippen LogP contribution >= 0.6 is 0 Å². The zero-order valence-corrected chi connectivity index (χ0v) is 9.35. The van der Waals surface area contributed by atoms with Gasteiger partial charge in [-0.1, -0.05) is 11.1 Å². The van der Waals surface area contributed by atoms with Crippen molar-refractivity contribution in [1.29, 1.82) is 0 Å². The van der Waals surface area contributed by atoms with Gasteiger partial charge in [0.25, 0.3) is 0 Å². The molecule has 4 rings (SSSR count). The minimum atomic E-state index is 0.553. The number of nitrogens with zero attached hydrogens (tertiary/aromatic N) is 2. The lowest BCUT2D eigenvalue weighted by molar-refractivity contribution is 0.218. The smallest absolute Gasteiger partial charge is 0.209 e. The molecule has 1 aromatic rings. The first-order valence-electron chi connectivity index (χ1n) is 6.06. The van der Waals surface area contributed by atoms with Crippen molar-refractivity contribution < 1.29 is 4.52 Å². The quantitative estimate of drug-likeness (QED) is 0.619. The van der Waals surface area contributed by atoms with Crippen molar-refractivity contribution in [3.8, 4) is 11.8 Å². The van der Waals surface area contributed by atoms with E-state index in [1.807, 2.05) is 6.07 Å². The Morgan fingerprint density at radius 1 is 1.25 bits per heavy atom. The van der Waals surface area contributed by atoms with Crippen molar-refractivity contribution in [3.63, 3.8) is 0 Å². The minimum Gasteiger partial charge on any atom is -0.348 e. The van der Waals surface area contributed by atoms with Crippen LogP contribution in [0.4, 0.5) is 0 Å². The molecule has 3 nitrogen and oxygen atoms in total. The van der Waals surface area contributed by atoms with Crippen LogP contribution in [0.1, 0.15) is 25.0 Å². The van der Waals surface area contributed by atoms with Gasteiger partial charge in [-0.25, -0.2) is 0 Å². The van der Waals surface area contributed by atoms with E-state index in [1.54, 1.807) is 6.20 Å². The Morgan fingerprint density at radius 2 is 2.06 bits per heavy atom. The van der Waals surface area contributed by atoms with Crippen molar-refractivity contribution in [2.45, 2.75) is 19.3 Å². The third-order valence-electron chi connectivity index (χ3n) is 3.78. The summed E-state index contributed by atoms with van der Waals surface area (Å²) in [5.41, 5.74) is 0. The molecule has 0 amide bonds. The Hall–Kier alpha value is -1.27. The highest BCUT2D eigenvalue weighted by molar-refractivity contribution is 5.24. The van der Waals surface area contributed by atoms with Crippen molar-refractivity contribution in [1.82, 2.24) is 10.1 Å². The van der Waals surface area contributed by atoms with Gasteiger partial charge >= 0.3 is 0 Å². The van der Waals surface area contributed by atoms with Gasteiger partial charge in [-0.2, -0.15) is 0 Å². The fourth-order valence-electron chi connectivity index (χ4n) is 2.77. The highest BCUT2D eigenvalue weighted by Gasteiger charge is 2.29. The van der Waals surface area contributed by atoms with E-state index in [9.17, 15) is 0 Å². The number of fused-ring (bicyclic) bond motifs is 4. The van der Waals surface area contributed by atoms with E-state index in [4.69, 9.17) is 4.52 Å². The Bertz CT molecular complexity index is 393. The van der Waals surface area contributed by atoms with Crippen LogP contribution in [0, 0.1) is 23.7 Å². The molecule has 3 fully saturated rings. The lowest BCUT2D eigenvalue weighted by Gasteiger charge is -2.27. The van der Waals surface area contributed by atoms with Gasteiger partial charge in [0, 0.05) is 12.0 Å². The molecule has 3 heteroatoms. The van der Waals surface area contributed by atoms with Crippen LogP contribution in [-0.4, -0.2) is 29.7 Å². The number of rotatable bonds is 0. The van der Waals surface area contributed by atoms with Crippen molar-refractivity contribution in [2.75, 3.05) is 19.6 Å². The molecule has 4 heterocycles. The molecule has 0 radical (unpaired) electrons. The highest BCUT2D eigenvalue weighted by Crippen LogP contribution is 2.31. The zero-order valence-electron chi connectivity index (χ0n) is 9.35. The van der Waals surface area contributed by atoms with E-state index >= 15 is 0 Å². The zero-order chi connectivity index (χ0) is 10.8. The molecule has 1 aromatic heterocycles. The molecule has 0 aliphatic carbocycles. The average molecular weight is 216 g/mol. The molecule has 1 atom stereocenters. The maximum Gasteiger partial charge on any atom is 0.209 e. The van der Waals surface area contributed by atoms with E-state index in [0.717, 1.165) is 5.92 Å². The first kappa shape index (κ1) is 9.92. The molecule has 0 spiro atoms. The van der Waals surface area contributed by atoms with Gasteiger partial charge in [0.15, 0.2) is 0 Å². The number of hydrogen-bond donors (Lipinski definition) is 0. The normalized spacial score (nSPS) is 32.9. The Balaban J connectivity index is 1.74. The number of aromatic nitrogens is 1. The lowest BCUT2D eigenvalue weighted by atomic mass is 9.85. The van der Waals surface area contributed by atoms with Crippen LogP contribution in [0.15, 0.2) is 16.8 Å². The van der Waals surface area contributed by atoms with Gasteiger partial charge in [0.1, 0.15) is 0 Å². The highest BCUT2D eigenvalue weighted by atomic mass is 16.5. The fraction of sp³-hybridized carbons (Fsp3) is 0.615. The molecule has 84 valence electrons. The second-order valence-corrected chi connectivity index (χ2v) is 4.72. The van der Waals surface area contributed by atoms with Gasteiger partial charge in [-0.3, -0.25) is 0 Å². The van der Waals surface area contributed by atoms with Crippen LogP contribution in [0.3, 0.4) is 0 Å². The molecule has 0 N–H and O–H groups in total. The fourth-order valence-corrected chi connectivity index (χ4v) is 2.77. The van der Waals surface area contributed by atoms with Crippen LogP contribution < -0.4 is 0 Å². The van der Waals surface area contributed by atoms with Gasteiger partial charge < -0.3 is 9.42 Å². The van der Waals surface area contributed by atoms with E-state index in [1.165, 1.54) is 38.9 Å². The molecule has 3 aliphatic rings. The monoisotopic (exact) mass is 216 g/mol. The molecule has 3 aliphatic heterocycles. The summed E-state index contributed by atoms with van der Waals surface area (Å²) in [5.74, 6) is 8.54. The largest absolute Gasteiger partial charge is 0.348 e. The van der Waals surface area contributed by atoms with Crippen LogP contribution in [0.25, 0.3) is 0 Å². The van der Waals surface area contributed by atoms with E-state index in [-0.39, 0.29) is 0 Å². The summed E-state index contributed by atoms with van der Waals surface area (Å²) in [6.07, 6.45) is 5.49. The first-order chi connectivity index (χ1) is 7.92. The summed E-state index contributed by atoms with van der Waals surface area (Å²) < 4.78 is 5.00. The maximum absolute atomic E-state index is 5.00. The molecule has 0 saturated carbocycles. The molecule has 0 aromatic carbocycles. The molecule has 3 saturated heterocycles. The van der Waals surface area contributed by atoms with Gasteiger partial charge in [0.2, 0.25) is 5.76 Å². The predicted molar refractivity (Wildman–Crippen MR) is 60.7 cm³/mol. The summed E-state index contributed by atoms with van der Waals surface area (Å²) in [6.45, 7) is 3.75. The first-order valence-corrected chi connectivity index (χ1v) is 6.06. The third-order valence-corrected chi connectivity index (χ3v) is 3.78. The second-order valence-electron chi connectivity index (χ2n) is 4.72. The van der Waals surface area contributed by atoms with Crippen LogP contribution in [0.2, 0.25) is 0 Å². The summed E-state index contributed by atoms with van der Waals surface area (Å²) in [7, 11) is 0. The average Bonchev–Trinajstić information content (AvgIpc) is 2.69. The second kappa shape index (κ2) is 4.31.